The molecular formula is C28H29N7OS. The maximum absolute atomic E-state index is 6.26. The van der Waals surface area contributed by atoms with Gasteiger partial charge >= 0.3 is 0 Å². The average Bonchev–Trinajstić information content (AvgIpc) is 3.54. The van der Waals surface area contributed by atoms with E-state index in [1.807, 2.05) is 37.1 Å². The lowest BCUT2D eigenvalue weighted by Crippen LogP contribution is -2.52. The van der Waals surface area contributed by atoms with Crippen LogP contribution in [0.1, 0.15) is 43.4 Å². The summed E-state index contributed by atoms with van der Waals surface area (Å²) in [5.74, 6) is 2.67. The maximum atomic E-state index is 6.26. The molecule has 0 amide bonds. The van der Waals surface area contributed by atoms with Gasteiger partial charge in [0.05, 0.1) is 15.3 Å². The fraction of sp³-hybridized carbons (Fsp3) is 0.429. The quantitative estimate of drug-likeness (QED) is 0.421. The summed E-state index contributed by atoms with van der Waals surface area (Å²) in [7, 11) is 0. The molecular weight excluding hydrogens is 482 g/mol. The Balaban J connectivity index is 1.04. The molecule has 2 aliphatic heterocycles. The van der Waals surface area contributed by atoms with Crippen molar-refractivity contribution in [3.8, 4) is 5.75 Å². The molecule has 4 aromatic heterocycles. The van der Waals surface area contributed by atoms with E-state index in [9.17, 15) is 0 Å². The second kappa shape index (κ2) is 8.08. The highest BCUT2D eigenvalue weighted by atomic mass is 32.2. The van der Waals surface area contributed by atoms with Gasteiger partial charge in [-0.1, -0.05) is 17.8 Å². The van der Waals surface area contributed by atoms with Gasteiger partial charge in [-0.25, -0.2) is 15.0 Å². The van der Waals surface area contributed by atoms with E-state index in [0.29, 0.717) is 12.0 Å². The fourth-order valence-corrected chi connectivity index (χ4v) is 7.53. The summed E-state index contributed by atoms with van der Waals surface area (Å²) in [5.41, 5.74) is 4.09. The van der Waals surface area contributed by atoms with Gasteiger partial charge in [0, 0.05) is 49.8 Å². The predicted molar refractivity (Wildman–Crippen MR) is 143 cm³/mol. The maximum Gasteiger partial charge on any atom is 0.211 e. The number of anilines is 2. The average molecular weight is 512 g/mol. The molecule has 0 bridgehead atoms. The minimum Gasteiger partial charge on any atom is -0.486 e. The van der Waals surface area contributed by atoms with Crippen molar-refractivity contribution in [2.45, 2.75) is 60.3 Å². The second-order valence-corrected chi connectivity index (χ2v) is 12.2. The minimum atomic E-state index is 0.0771. The molecule has 188 valence electrons. The van der Waals surface area contributed by atoms with Crippen LogP contribution >= 0.6 is 11.8 Å². The Morgan fingerprint density at radius 1 is 0.919 bits per heavy atom. The number of hydrogen-bond donors (Lipinski definition) is 1. The summed E-state index contributed by atoms with van der Waals surface area (Å²) in [4.78, 5) is 23.4. The van der Waals surface area contributed by atoms with Crippen molar-refractivity contribution in [2.75, 3.05) is 29.9 Å². The molecule has 6 heterocycles. The first kappa shape index (κ1) is 21.7. The molecule has 1 saturated carbocycles. The summed E-state index contributed by atoms with van der Waals surface area (Å²) >= 11 is 1.65. The summed E-state index contributed by atoms with van der Waals surface area (Å²) in [6, 6.07) is 6.35. The Kier molecular flexibility index (Phi) is 4.75. The van der Waals surface area contributed by atoms with Gasteiger partial charge in [0.15, 0.2) is 17.2 Å². The van der Waals surface area contributed by atoms with Crippen LogP contribution in [0.5, 0.6) is 5.75 Å². The van der Waals surface area contributed by atoms with E-state index in [2.05, 4.69) is 36.7 Å². The van der Waals surface area contributed by atoms with Crippen LogP contribution in [0, 0.1) is 5.41 Å². The molecule has 2 aliphatic carbocycles. The van der Waals surface area contributed by atoms with Crippen molar-refractivity contribution < 1.29 is 4.74 Å². The Hall–Kier alpha value is -3.33. The van der Waals surface area contributed by atoms with E-state index in [4.69, 9.17) is 14.7 Å². The van der Waals surface area contributed by atoms with Gasteiger partial charge in [0.1, 0.15) is 6.61 Å². The van der Waals surface area contributed by atoms with Gasteiger partial charge in [-0.3, -0.25) is 9.38 Å². The van der Waals surface area contributed by atoms with E-state index in [1.54, 1.807) is 11.8 Å². The molecule has 9 heteroatoms. The lowest BCUT2D eigenvalue weighted by molar-refractivity contribution is 0.144. The highest BCUT2D eigenvalue weighted by Gasteiger charge is 2.43. The van der Waals surface area contributed by atoms with Crippen molar-refractivity contribution in [3.63, 3.8) is 0 Å². The molecule has 8 nitrogen and oxygen atoms in total. The van der Waals surface area contributed by atoms with Crippen LogP contribution in [-0.2, 0) is 12.8 Å². The lowest BCUT2D eigenvalue weighted by atomic mass is 9.76. The van der Waals surface area contributed by atoms with Gasteiger partial charge < -0.3 is 15.0 Å². The molecule has 8 rings (SSSR count). The molecule has 2 spiro atoms. The Morgan fingerprint density at radius 2 is 1.84 bits per heavy atom. The molecule has 4 aliphatic rings. The third-order valence-electron chi connectivity index (χ3n) is 8.85. The summed E-state index contributed by atoms with van der Waals surface area (Å²) in [6.07, 6.45) is 17.8. The van der Waals surface area contributed by atoms with Crippen molar-refractivity contribution in [1.29, 1.82) is 0 Å². The predicted octanol–water partition coefficient (Wildman–Crippen LogP) is 4.78. The van der Waals surface area contributed by atoms with Crippen molar-refractivity contribution >= 4 is 29.2 Å². The van der Waals surface area contributed by atoms with Crippen LogP contribution < -0.4 is 15.0 Å². The standard InChI is InChI=1S/C28H29N7OS/c1-3-19-15-27(16-20(19)29-9-1)7-12-34(13-8-27)26-32-17-22(25-31-11-14-35(25)26)37-21-4-10-30-24-23(21)36-18-28(33-24)5-2-6-28/h1,3-4,9-11,14,17H,2,5-8,12-13,15-16,18H2,(H,30,33). The number of imidazole rings is 1. The molecule has 0 radical (unpaired) electrons. The Labute approximate surface area is 219 Å². The van der Waals surface area contributed by atoms with Crippen molar-refractivity contribution in [1.82, 2.24) is 24.3 Å². The fourth-order valence-electron chi connectivity index (χ4n) is 6.57. The molecule has 37 heavy (non-hydrogen) atoms. The number of piperidine rings is 1. The number of rotatable bonds is 3. The zero-order valence-corrected chi connectivity index (χ0v) is 21.5. The van der Waals surface area contributed by atoms with Gasteiger partial charge in [0.2, 0.25) is 5.95 Å². The van der Waals surface area contributed by atoms with Crippen molar-refractivity contribution in [2.24, 2.45) is 5.41 Å². The third kappa shape index (κ3) is 3.50. The second-order valence-electron chi connectivity index (χ2n) is 11.1. The van der Waals surface area contributed by atoms with Gasteiger partial charge in [-0.2, -0.15) is 0 Å². The molecule has 0 atom stereocenters. The van der Waals surface area contributed by atoms with Gasteiger partial charge in [0.25, 0.3) is 0 Å². The van der Waals surface area contributed by atoms with Crippen LogP contribution in [0.2, 0.25) is 0 Å². The number of aromatic nitrogens is 5. The topological polar surface area (TPSA) is 80.5 Å². The van der Waals surface area contributed by atoms with Gasteiger partial charge in [-0.05, 0) is 68.1 Å². The number of fused-ring (bicyclic) bond motifs is 3. The van der Waals surface area contributed by atoms with E-state index in [0.717, 1.165) is 84.6 Å². The summed E-state index contributed by atoms with van der Waals surface area (Å²) in [5, 5.41) is 3.65. The highest BCUT2D eigenvalue weighted by molar-refractivity contribution is 7.99. The number of hydrogen-bond acceptors (Lipinski definition) is 8. The zero-order valence-electron chi connectivity index (χ0n) is 20.7. The van der Waals surface area contributed by atoms with E-state index < -0.39 is 0 Å². The first-order chi connectivity index (χ1) is 18.2. The molecule has 0 unspecified atom stereocenters. The molecule has 1 N–H and O–H groups in total. The number of nitrogens with one attached hydrogen (secondary N) is 1. The SMILES string of the molecule is c1cnc2c(c1)CC1(CCN(c3ncc(Sc4ccnc5c4OCC4(CCC4)N5)c4nccn34)CC1)C2. The molecule has 4 aromatic rings. The zero-order chi connectivity index (χ0) is 24.5. The number of pyridine rings is 2. The number of ether oxygens (including phenoxy) is 1. The smallest absolute Gasteiger partial charge is 0.211 e. The van der Waals surface area contributed by atoms with E-state index in [-0.39, 0.29) is 5.54 Å². The first-order valence-corrected chi connectivity index (χ1v) is 14.1. The Morgan fingerprint density at radius 3 is 2.68 bits per heavy atom. The van der Waals surface area contributed by atoms with Crippen LogP contribution in [0.3, 0.4) is 0 Å². The van der Waals surface area contributed by atoms with E-state index >= 15 is 0 Å². The third-order valence-corrected chi connectivity index (χ3v) is 9.90. The normalized spacial score (nSPS) is 20.8. The largest absolute Gasteiger partial charge is 0.486 e. The van der Waals surface area contributed by atoms with Crippen LogP contribution in [0.4, 0.5) is 11.8 Å². The Bertz CT molecular complexity index is 1480. The summed E-state index contributed by atoms with van der Waals surface area (Å²) < 4.78 is 8.40. The monoisotopic (exact) mass is 511 g/mol. The summed E-state index contributed by atoms with van der Waals surface area (Å²) in [6.45, 7) is 2.70. The van der Waals surface area contributed by atoms with E-state index in [1.165, 1.54) is 17.7 Å². The van der Waals surface area contributed by atoms with Crippen LogP contribution in [0.15, 0.2) is 59.0 Å². The minimum absolute atomic E-state index is 0.0771. The number of nitrogens with zero attached hydrogens (tertiary/aromatic N) is 6. The van der Waals surface area contributed by atoms with Crippen LogP contribution in [0.25, 0.3) is 5.65 Å². The lowest BCUT2D eigenvalue weighted by Gasteiger charge is -2.45. The first-order valence-electron chi connectivity index (χ1n) is 13.3. The van der Waals surface area contributed by atoms with Crippen LogP contribution in [-0.4, -0.2) is 49.6 Å². The van der Waals surface area contributed by atoms with Gasteiger partial charge in [-0.15, -0.1) is 0 Å². The molecule has 2 fully saturated rings. The molecule has 0 aromatic carbocycles. The highest BCUT2D eigenvalue weighted by Crippen LogP contribution is 2.47. The molecule has 1 saturated heterocycles. The van der Waals surface area contributed by atoms with Crippen molar-refractivity contribution in [3.05, 3.63) is 60.4 Å².